The molecule has 1 aliphatic heterocycles. The summed E-state index contributed by atoms with van der Waals surface area (Å²) in [5.41, 5.74) is 6.00. The van der Waals surface area contributed by atoms with Crippen molar-refractivity contribution in [2.75, 3.05) is 32.8 Å². The third-order valence-electron chi connectivity index (χ3n) is 6.87. The van der Waals surface area contributed by atoms with Gasteiger partial charge in [-0.25, -0.2) is 4.79 Å². The predicted molar refractivity (Wildman–Crippen MR) is 147 cm³/mol. The van der Waals surface area contributed by atoms with Gasteiger partial charge in [0.05, 0.1) is 19.8 Å². The van der Waals surface area contributed by atoms with E-state index in [2.05, 4.69) is 17.2 Å². The molecule has 0 aromatic heterocycles. The number of carboxylic acid groups (broad SMARTS) is 1. The van der Waals surface area contributed by atoms with Gasteiger partial charge in [-0.2, -0.15) is 0 Å². The van der Waals surface area contributed by atoms with Crippen LogP contribution in [0.5, 0.6) is 0 Å². The second-order valence-corrected chi connectivity index (χ2v) is 9.30. The summed E-state index contributed by atoms with van der Waals surface area (Å²) in [6, 6.07) is 13.3. The Kier molecular flexibility index (Phi) is 8.66. The molecule has 38 heavy (non-hydrogen) atoms. The highest BCUT2D eigenvalue weighted by Crippen LogP contribution is 2.35. The Morgan fingerprint density at radius 3 is 2.53 bits per heavy atom. The SMILES string of the molecule is C=C1c2ccccc2NC1C(=O)NC(Cc1ccc(C2=C(OC)C=C(COCC)CC2OC)cc1)C(=O)O. The number of amides is 1. The van der Waals surface area contributed by atoms with Crippen LogP contribution in [0.25, 0.3) is 11.1 Å². The topological polar surface area (TPSA) is 106 Å². The Morgan fingerprint density at radius 2 is 1.89 bits per heavy atom. The van der Waals surface area contributed by atoms with Crippen LogP contribution in [0.15, 0.2) is 72.5 Å². The van der Waals surface area contributed by atoms with Gasteiger partial charge in [-0.3, -0.25) is 4.79 Å². The summed E-state index contributed by atoms with van der Waals surface area (Å²) >= 11 is 0. The highest BCUT2D eigenvalue weighted by molar-refractivity contribution is 6.04. The number of methoxy groups -OCH3 is 2. The molecule has 4 rings (SSSR count). The van der Waals surface area contributed by atoms with Crippen molar-refractivity contribution in [2.45, 2.75) is 38.0 Å². The number of ether oxygens (including phenoxy) is 3. The Balaban J connectivity index is 1.48. The van der Waals surface area contributed by atoms with Crippen LogP contribution in [0.1, 0.15) is 30.0 Å². The lowest BCUT2D eigenvalue weighted by molar-refractivity contribution is -0.141. The smallest absolute Gasteiger partial charge is 0.326 e. The third-order valence-corrected chi connectivity index (χ3v) is 6.87. The van der Waals surface area contributed by atoms with Crippen LogP contribution in [0.2, 0.25) is 0 Å². The van der Waals surface area contributed by atoms with Crippen LogP contribution >= 0.6 is 0 Å². The van der Waals surface area contributed by atoms with E-state index in [-0.39, 0.29) is 12.5 Å². The fourth-order valence-corrected chi connectivity index (χ4v) is 4.88. The van der Waals surface area contributed by atoms with Crippen molar-refractivity contribution in [3.63, 3.8) is 0 Å². The van der Waals surface area contributed by atoms with Crippen molar-refractivity contribution in [1.82, 2.24) is 5.32 Å². The van der Waals surface area contributed by atoms with Crippen LogP contribution in [-0.4, -0.2) is 62.6 Å². The number of carbonyl (C=O) groups is 2. The first-order valence-electron chi connectivity index (χ1n) is 12.6. The van der Waals surface area contributed by atoms with Crippen molar-refractivity contribution >= 4 is 28.7 Å². The van der Waals surface area contributed by atoms with E-state index in [9.17, 15) is 14.7 Å². The summed E-state index contributed by atoms with van der Waals surface area (Å²) in [4.78, 5) is 25.0. The first kappa shape index (κ1) is 27.2. The zero-order chi connectivity index (χ0) is 27.2. The molecule has 2 aromatic rings. The molecule has 0 fully saturated rings. The van der Waals surface area contributed by atoms with Crippen molar-refractivity contribution in [2.24, 2.45) is 0 Å². The van der Waals surface area contributed by atoms with E-state index in [1.54, 1.807) is 14.2 Å². The number of rotatable bonds is 11. The fraction of sp³-hybridized carbons (Fsp3) is 0.333. The molecule has 0 radical (unpaired) electrons. The Morgan fingerprint density at radius 1 is 1.16 bits per heavy atom. The summed E-state index contributed by atoms with van der Waals surface area (Å²) in [5.74, 6) is -0.817. The van der Waals surface area contributed by atoms with Crippen molar-refractivity contribution < 1.29 is 28.9 Å². The van der Waals surface area contributed by atoms with Gasteiger partial charge in [0.25, 0.3) is 0 Å². The van der Waals surface area contributed by atoms with E-state index in [4.69, 9.17) is 14.2 Å². The number of anilines is 1. The minimum atomic E-state index is -1.10. The number of fused-ring (bicyclic) bond motifs is 1. The fourth-order valence-electron chi connectivity index (χ4n) is 4.88. The number of aliphatic carboxylic acids is 1. The zero-order valence-corrected chi connectivity index (χ0v) is 22.0. The Labute approximate surface area is 223 Å². The third kappa shape index (κ3) is 5.82. The van der Waals surface area contributed by atoms with Gasteiger partial charge >= 0.3 is 5.97 Å². The number of carbonyl (C=O) groups excluding carboxylic acids is 1. The Hall–Kier alpha value is -3.88. The molecular formula is C30H34N2O6. The maximum Gasteiger partial charge on any atom is 0.326 e. The van der Waals surface area contributed by atoms with E-state index in [1.807, 2.05) is 61.5 Å². The normalized spacial score (nSPS) is 19.3. The first-order valence-corrected chi connectivity index (χ1v) is 12.6. The lowest BCUT2D eigenvalue weighted by atomic mass is 9.88. The van der Waals surface area contributed by atoms with E-state index < -0.39 is 24.0 Å². The minimum absolute atomic E-state index is 0.135. The Bertz CT molecular complexity index is 1260. The molecule has 0 bridgehead atoms. The molecule has 3 N–H and O–H groups in total. The van der Waals surface area contributed by atoms with Crippen molar-refractivity contribution in [3.8, 4) is 0 Å². The number of para-hydroxylation sites is 1. The molecule has 3 atom stereocenters. The molecular weight excluding hydrogens is 484 g/mol. The number of benzene rings is 2. The number of hydrogen-bond donors (Lipinski definition) is 3. The highest BCUT2D eigenvalue weighted by Gasteiger charge is 2.33. The minimum Gasteiger partial charge on any atom is -0.496 e. The molecule has 8 heteroatoms. The van der Waals surface area contributed by atoms with Gasteiger partial charge < -0.3 is 30.0 Å². The number of nitrogens with one attached hydrogen (secondary N) is 2. The number of hydrogen-bond acceptors (Lipinski definition) is 6. The molecule has 0 saturated carbocycles. The van der Waals surface area contributed by atoms with Crippen LogP contribution < -0.4 is 10.6 Å². The molecule has 0 spiro atoms. The van der Waals surface area contributed by atoms with E-state index in [1.165, 1.54) is 0 Å². The maximum atomic E-state index is 13.0. The molecule has 3 unspecified atom stereocenters. The van der Waals surface area contributed by atoms with Crippen LogP contribution in [0.4, 0.5) is 5.69 Å². The molecule has 1 amide bonds. The van der Waals surface area contributed by atoms with Crippen molar-refractivity contribution in [3.05, 3.63) is 89.2 Å². The molecule has 200 valence electrons. The summed E-state index contributed by atoms with van der Waals surface area (Å²) in [6.45, 7) is 7.14. The van der Waals surface area contributed by atoms with Gasteiger partial charge in [-0.05, 0) is 41.3 Å². The summed E-state index contributed by atoms with van der Waals surface area (Å²) in [6.07, 6.45) is 2.62. The molecule has 2 aromatic carbocycles. The van der Waals surface area contributed by atoms with Crippen LogP contribution in [0.3, 0.4) is 0 Å². The monoisotopic (exact) mass is 518 g/mol. The van der Waals surface area contributed by atoms with Crippen molar-refractivity contribution in [1.29, 1.82) is 0 Å². The maximum absolute atomic E-state index is 13.0. The van der Waals surface area contributed by atoms with Gasteiger partial charge in [-0.1, -0.05) is 49.0 Å². The van der Waals surface area contributed by atoms with Gasteiger partial charge in [0.1, 0.15) is 17.8 Å². The average molecular weight is 519 g/mol. The summed E-state index contributed by atoms with van der Waals surface area (Å²) < 4.78 is 17.0. The number of carboxylic acids is 1. The lowest BCUT2D eigenvalue weighted by Gasteiger charge is -2.27. The first-order chi connectivity index (χ1) is 18.4. The van der Waals surface area contributed by atoms with E-state index in [0.29, 0.717) is 31.0 Å². The summed E-state index contributed by atoms with van der Waals surface area (Å²) in [7, 11) is 3.30. The van der Waals surface area contributed by atoms with E-state index >= 15 is 0 Å². The standard InChI is InChI=1S/C30H34N2O6/c1-5-38-17-20-15-25(36-3)27(26(16-20)37-4)21-12-10-19(11-13-21)14-24(30(34)35)32-29(33)28-18(2)22-8-6-7-9-23(22)31-28/h6-13,15,24,26,28,31H,2,5,14,16-17H2,1,3-4H3,(H,32,33)(H,34,35). The average Bonchev–Trinajstić information content (AvgIpc) is 3.27. The van der Waals surface area contributed by atoms with Gasteiger partial charge in [0, 0.05) is 43.4 Å². The molecule has 0 saturated heterocycles. The summed E-state index contributed by atoms with van der Waals surface area (Å²) in [5, 5.41) is 15.6. The molecule has 8 nitrogen and oxygen atoms in total. The van der Waals surface area contributed by atoms with Gasteiger partial charge in [0.15, 0.2) is 0 Å². The second kappa shape index (κ2) is 12.1. The van der Waals surface area contributed by atoms with E-state index in [0.717, 1.165) is 33.5 Å². The number of allylic oxidation sites excluding steroid dienone is 1. The lowest BCUT2D eigenvalue weighted by Crippen LogP contribution is -2.48. The largest absolute Gasteiger partial charge is 0.496 e. The van der Waals surface area contributed by atoms with Gasteiger partial charge in [-0.15, -0.1) is 0 Å². The second-order valence-electron chi connectivity index (χ2n) is 9.30. The van der Waals surface area contributed by atoms with Crippen LogP contribution in [-0.2, 0) is 30.2 Å². The highest BCUT2D eigenvalue weighted by atomic mass is 16.5. The molecule has 1 aliphatic carbocycles. The molecule has 1 heterocycles. The molecule has 2 aliphatic rings. The predicted octanol–water partition coefficient (Wildman–Crippen LogP) is 4.05. The van der Waals surface area contributed by atoms with Gasteiger partial charge in [0.2, 0.25) is 5.91 Å². The van der Waals surface area contributed by atoms with Crippen LogP contribution in [0, 0.1) is 0 Å². The zero-order valence-electron chi connectivity index (χ0n) is 22.0. The quantitative estimate of drug-likeness (QED) is 0.412.